The zero-order chi connectivity index (χ0) is 21.9. The number of nitrogens with zero attached hydrogens (tertiary/aromatic N) is 2. The lowest BCUT2D eigenvalue weighted by atomic mass is 10.1. The predicted molar refractivity (Wildman–Crippen MR) is 102 cm³/mol. The van der Waals surface area contributed by atoms with Crippen molar-refractivity contribution in [1.82, 2.24) is 15.1 Å². The second-order valence-corrected chi connectivity index (χ2v) is 7.77. The standard InChI is InChI=1S/C18H31N5O6/c1-9(24)13(19)18(29)23-8-4-6-12(23)17(28)22-7-3-5-11(22)16(27)21-14(10(2)25)15(20)26/h9-14,24-25H,3-8,19H2,1-2H3,(H2,20,26)(H,21,27)/t9?,10?,11-,12-,13?,14?/m1/s1. The first-order valence-corrected chi connectivity index (χ1v) is 9.88. The van der Waals surface area contributed by atoms with Crippen LogP contribution in [0.3, 0.4) is 0 Å². The van der Waals surface area contributed by atoms with Gasteiger partial charge in [-0.2, -0.15) is 0 Å². The summed E-state index contributed by atoms with van der Waals surface area (Å²) in [7, 11) is 0. The molecule has 11 nitrogen and oxygen atoms in total. The van der Waals surface area contributed by atoms with E-state index in [0.29, 0.717) is 38.8 Å². The number of rotatable bonds is 7. The van der Waals surface area contributed by atoms with Crippen LogP contribution in [0, 0.1) is 0 Å². The van der Waals surface area contributed by atoms with Crippen LogP contribution in [0.4, 0.5) is 0 Å². The molecule has 0 saturated carbocycles. The van der Waals surface area contributed by atoms with Crippen molar-refractivity contribution in [2.75, 3.05) is 13.1 Å². The summed E-state index contributed by atoms with van der Waals surface area (Å²) < 4.78 is 0. The van der Waals surface area contributed by atoms with Crippen molar-refractivity contribution < 1.29 is 29.4 Å². The second kappa shape index (κ2) is 9.51. The highest BCUT2D eigenvalue weighted by molar-refractivity contribution is 5.95. The van der Waals surface area contributed by atoms with Gasteiger partial charge < -0.3 is 36.8 Å². The van der Waals surface area contributed by atoms with E-state index in [4.69, 9.17) is 11.5 Å². The van der Waals surface area contributed by atoms with E-state index >= 15 is 0 Å². The Labute approximate surface area is 169 Å². The normalized spacial score (nSPS) is 26.0. The highest BCUT2D eigenvalue weighted by atomic mass is 16.3. The number of nitrogens with one attached hydrogen (secondary N) is 1. The summed E-state index contributed by atoms with van der Waals surface area (Å²) in [5.41, 5.74) is 11.0. The fourth-order valence-corrected chi connectivity index (χ4v) is 3.86. The monoisotopic (exact) mass is 413 g/mol. The average Bonchev–Trinajstić information content (AvgIpc) is 3.32. The molecule has 2 aliphatic heterocycles. The number of aliphatic hydroxyl groups excluding tert-OH is 2. The molecule has 0 bridgehead atoms. The largest absolute Gasteiger partial charge is 0.391 e. The minimum Gasteiger partial charge on any atom is -0.391 e. The van der Waals surface area contributed by atoms with Gasteiger partial charge in [0.05, 0.1) is 12.2 Å². The van der Waals surface area contributed by atoms with Crippen molar-refractivity contribution in [3.63, 3.8) is 0 Å². The van der Waals surface area contributed by atoms with Crippen LogP contribution < -0.4 is 16.8 Å². The van der Waals surface area contributed by atoms with E-state index in [2.05, 4.69) is 5.32 Å². The Kier molecular flexibility index (Phi) is 7.55. The van der Waals surface area contributed by atoms with Crippen LogP contribution in [0.25, 0.3) is 0 Å². The molecular weight excluding hydrogens is 382 g/mol. The van der Waals surface area contributed by atoms with Crippen molar-refractivity contribution in [1.29, 1.82) is 0 Å². The molecule has 2 rings (SSSR count). The van der Waals surface area contributed by atoms with Gasteiger partial charge in [0, 0.05) is 13.1 Å². The summed E-state index contributed by atoms with van der Waals surface area (Å²) in [6.45, 7) is 3.44. The lowest BCUT2D eigenvalue weighted by Gasteiger charge is -2.33. The lowest BCUT2D eigenvalue weighted by Crippen LogP contribution is -2.58. The number of primary amides is 1. The van der Waals surface area contributed by atoms with Gasteiger partial charge in [-0.25, -0.2) is 0 Å². The van der Waals surface area contributed by atoms with E-state index in [1.165, 1.54) is 23.6 Å². The minimum absolute atomic E-state index is 0.341. The van der Waals surface area contributed by atoms with Gasteiger partial charge >= 0.3 is 0 Å². The first kappa shape index (κ1) is 23.0. The van der Waals surface area contributed by atoms with Gasteiger partial charge in [-0.1, -0.05) is 0 Å². The van der Waals surface area contributed by atoms with Crippen LogP contribution in [-0.4, -0.2) is 93.1 Å². The first-order valence-electron chi connectivity index (χ1n) is 9.88. The van der Waals surface area contributed by atoms with Crippen LogP contribution in [-0.2, 0) is 19.2 Å². The highest BCUT2D eigenvalue weighted by Crippen LogP contribution is 2.25. The van der Waals surface area contributed by atoms with E-state index in [9.17, 15) is 29.4 Å². The van der Waals surface area contributed by atoms with Crippen molar-refractivity contribution in [3.8, 4) is 0 Å². The molecule has 11 heteroatoms. The van der Waals surface area contributed by atoms with Gasteiger partial charge in [-0.05, 0) is 39.5 Å². The Balaban J connectivity index is 2.11. The fourth-order valence-electron chi connectivity index (χ4n) is 3.86. The van der Waals surface area contributed by atoms with Gasteiger partial charge in [0.2, 0.25) is 23.6 Å². The molecule has 7 N–H and O–H groups in total. The lowest BCUT2D eigenvalue weighted by molar-refractivity contribution is -0.148. The first-order chi connectivity index (χ1) is 13.6. The molecule has 0 spiro atoms. The molecule has 0 aromatic heterocycles. The Hall–Kier alpha value is -2.24. The number of aliphatic hydroxyl groups is 2. The molecule has 0 radical (unpaired) electrons. The van der Waals surface area contributed by atoms with Crippen molar-refractivity contribution in [2.45, 2.75) is 75.9 Å². The van der Waals surface area contributed by atoms with Crippen molar-refractivity contribution in [3.05, 3.63) is 0 Å². The summed E-state index contributed by atoms with van der Waals surface area (Å²) in [4.78, 5) is 52.5. The topological polar surface area (TPSA) is 179 Å². The molecule has 29 heavy (non-hydrogen) atoms. The summed E-state index contributed by atoms with van der Waals surface area (Å²) in [6.07, 6.45) is -0.170. The van der Waals surface area contributed by atoms with Gasteiger partial charge in [-0.15, -0.1) is 0 Å². The number of hydrogen-bond acceptors (Lipinski definition) is 7. The third-order valence-corrected chi connectivity index (χ3v) is 5.55. The molecule has 2 heterocycles. The van der Waals surface area contributed by atoms with Crippen LogP contribution in [0.2, 0.25) is 0 Å². The third kappa shape index (κ3) is 5.03. The Bertz CT molecular complexity index is 655. The zero-order valence-electron chi connectivity index (χ0n) is 16.8. The Morgan fingerprint density at radius 2 is 1.52 bits per heavy atom. The molecular formula is C18H31N5O6. The molecule has 164 valence electrons. The maximum Gasteiger partial charge on any atom is 0.246 e. The number of hydrogen-bond donors (Lipinski definition) is 5. The summed E-state index contributed by atoms with van der Waals surface area (Å²) in [6, 6.07) is -3.94. The van der Waals surface area contributed by atoms with Gasteiger partial charge in [0.15, 0.2) is 0 Å². The van der Waals surface area contributed by atoms with E-state index in [0.717, 1.165) is 0 Å². The molecule has 2 fully saturated rings. The average molecular weight is 413 g/mol. The minimum atomic E-state index is -1.26. The molecule has 4 unspecified atom stereocenters. The quantitative estimate of drug-likeness (QED) is 0.295. The van der Waals surface area contributed by atoms with Gasteiger partial charge in [-0.3, -0.25) is 19.2 Å². The van der Waals surface area contributed by atoms with Crippen molar-refractivity contribution in [2.24, 2.45) is 11.5 Å². The highest BCUT2D eigenvalue weighted by Gasteiger charge is 2.43. The molecule has 4 amide bonds. The Morgan fingerprint density at radius 3 is 2.03 bits per heavy atom. The van der Waals surface area contributed by atoms with E-state index in [1.807, 2.05) is 0 Å². The van der Waals surface area contributed by atoms with Crippen LogP contribution in [0.15, 0.2) is 0 Å². The second-order valence-electron chi connectivity index (χ2n) is 7.77. The predicted octanol–water partition coefficient (Wildman–Crippen LogP) is -2.97. The van der Waals surface area contributed by atoms with Crippen LogP contribution in [0.5, 0.6) is 0 Å². The van der Waals surface area contributed by atoms with Gasteiger partial charge in [0.1, 0.15) is 24.2 Å². The number of likely N-dealkylation sites (tertiary alicyclic amines) is 2. The number of carbonyl (C=O) groups is 4. The van der Waals surface area contributed by atoms with Gasteiger partial charge in [0.25, 0.3) is 0 Å². The molecule has 0 aromatic rings. The summed E-state index contributed by atoms with van der Waals surface area (Å²) in [5, 5.41) is 21.6. The maximum atomic E-state index is 13.1. The van der Waals surface area contributed by atoms with Crippen molar-refractivity contribution >= 4 is 23.6 Å². The smallest absolute Gasteiger partial charge is 0.246 e. The number of carbonyl (C=O) groups excluding carboxylic acids is 4. The number of nitrogens with two attached hydrogens (primary N) is 2. The summed E-state index contributed by atoms with van der Waals surface area (Å²) >= 11 is 0. The van der Waals surface area contributed by atoms with Crippen LogP contribution >= 0.6 is 0 Å². The fraction of sp³-hybridized carbons (Fsp3) is 0.778. The molecule has 2 aliphatic rings. The third-order valence-electron chi connectivity index (χ3n) is 5.55. The van der Waals surface area contributed by atoms with E-state index < -0.39 is 54.1 Å². The van der Waals surface area contributed by atoms with E-state index in [1.54, 1.807) is 0 Å². The molecule has 0 aliphatic carbocycles. The summed E-state index contributed by atoms with van der Waals surface area (Å²) in [5.74, 6) is -2.31. The molecule has 6 atom stereocenters. The SMILES string of the molecule is CC(O)C(N)C(=O)N1CCC[C@@H]1C(=O)N1CCC[C@@H]1C(=O)NC(C(N)=O)C(C)O. The Morgan fingerprint density at radius 1 is 0.966 bits per heavy atom. The maximum absolute atomic E-state index is 13.1. The molecule has 0 aromatic carbocycles. The number of amides is 4. The molecule has 2 saturated heterocycles. The van der Waals surface area contributed by atoms with E-state index in [-0.39, 0.29) is 5.91 Å². The zero-order valence-corrected chi connectivity index (χ0v) is 16.8. The van der Waals surface area contributed by atoms with Crippen LogP contribution in [0.1, 0.15) is 39.5 Å².